The summed E-state index contributed by atoms with van der Waals surface area (Å²) in [7, 11) is 8.20. The topological polar surface area (TPSA) is 158 Å². The van der Waals surface area contributed by atoms with E-state index in [2.05, 4.69) is 24.3 Å². The summed E-state index contributed by atoms with van der Waals surface area (Å²) in [5.41, 5.74) is -7.80. The van der Waals surface area contributed by atoms with Gasteiger partial charge in [-0.05, 0) is 119 Å². The molecule has 0 aromatic heterocycles. The minimum absolute atomic E-state index is 0.0845. The van der Waals surface area contributed by atoms with Crippen molar-refractivity contribution < 1.29 is 57.2 Å². The van der Waals surface area contributed by atoms with Gasteiger partial charge in [-0.1, -0.05) is 24.3 Å². The molecule has 12 fully saturated rings. The van der Waals surface area contributed by atoms with Gasteiger partial charge < -0.3 is 28.4 Å². The first kappa shape index (κ1) is 31.5. The Morgan fingerprint density at radius 3 is 0.704 bits per heavy atom. The second-order valence-electron chi connectivity index (χ2n) is 19.5. The van der Waals surface area contributed by atoms with E-state index in [1.807, 2.05) is 0 Å². The van der Waals surface area contributed by atoms with Crippen molar-refractivity contribution in [3.8, 4) is 0 Å². The monoisotopic (exact) mass is 740 g/mol. The van der Waals surface area contributed by atoms with Crippen molar-refractivity contribution in [3.63, 3.8) is 0 Å². The predicted molar refractivity (Wildman–Crippen MR) is 177 cm³/mol. The molecule has 12 bridgehead atoms. The summed E-state index contributed by atoms with van der Waals surface area (Å²) in [4.78, 5) is 89.4. The summed E-state index contributed by atoms with van der Waals surface area (Å²) in [5.74, 6) is -7.30. The molecule has 12 saturated carbocycles. The van der Waals surface area contributed by atoms with Gasteiger partial charge in [-0.3, -0.25) is 28.8 Å². The molecule has 20 unspecified atom stereocenters. The Labute approximate surface area is 311 Å². The number of carbonyl (C=O) groups excluding carboxylic acids is 6. The highest BCUT2D eigenvalue weighted by atomic mass is 16.5. The summed E-state index contributed by atoms with van der Waals surface area (Å²) in [6, 6.07) is 0. The van der Waals surface area contributed by atoms with E-state index in [1.54, 1.807) is 0 Å². The fraction of sp³-hybridized carbons (Fsp3) is 0.762. The van der Waals surface area contributed by atoms with Crippen LogP contribution in [0.2, 0.25) is 0 Å². The number of rotatable bonds is 6. The highest BCUT2D eigenvalue weighted by molar-refractivity contribution is 6.02. The summed E-state index contributed by atoms with van der Waals surface area (Å²) in [6.45, 7) is 0. The summed E-state index contributed by atoms with van der Waals surface area (Å²) >= 11 is 0. The number of carbonyl (C=O) groups is 6. The predicted octanol–water partition coefficient (Wildman–Crippen LogP) is 2.10. The molecule has 284 valence electrons. The number of ether oxygens (including phenoxy) is 6. The molecule has 14 aliphatic rings. The van der Waals surface area contributed by atoms with Crippen LogP contribution in [0.5, 0.6) is 0 Å². The zero-order valence-corrected chi connectivity index (χ0v) is 31.0. The highest BCUT2D eigenvalue weighted by Gasteiger charge is 3.13. The molecule has 20 atom stereocenters. The minimum atomic E-state index is -1.44. The Balaban J connectivity index is 1.09. The average Bonchev–Trinajstić information content (AvgIpc) is 4.05. The van der Waals surface area contributed by atoms with Gasteiger partial charge in [0.15, 0.2) is 0 Å². The van der Waals surface area contributed by atoms with E-state index >= 15 is 9.59 Å². The van der Waals surface area contributed by atoms with Gasteiger partial charge in [0.05, 0.1) is 75.1 Å². The van der Waals surface area contributed by atoms with Gasteiger partial charge in [0, 0.05) is 0 Å². The van der Waals surface area contributed by atoms with Gasteiger partial charge in [-0.2, -0.15) is 0 Å². The van der Waals surface area contributed by atoms with Crippen LogP contribution < -0.4 is 0 Å². The lowest BCUT2D eigenvalue weighted by molar-refractivity contribution is -0.403. The van der Waals surface area contributed by atoms with Crippen LogP contribution in [0.4, 0.5) is 0 Å². The maximum Gasteiger partial charge on any atom is 0.313 e. The summed E-state index contributed by atoms with van der Waals surface area (Å²) in [6.07, 6.45) is 10.4. The van der Waals surface area contributed by atoms with E-state index in [4.69, 9.17) is 28.4 Å². The fourth-order valence-electron chi connectivity index (χ4n) is 21.9. The molecule has 54 heavy (non-hydrogen) atoms. The normalized spacial score (nSPS) is 62.9. The van der Waals surface area contributed by atoms with Crippen LogP contribution in [-0.2, 0) is 57.2 Å². The lowest BCUT2D eigenvalue weighted by Gasteiger charge is -2.85. The second-order valence-corrected chi connectivity index (χ2v) is 19.5. The quantitative estimate of drug-likeness (QED) is 0.222. The van der Waals surface area contributed by atoms with Gasteiger partial charge in [-0.15, -0.1) is 0 Å². The van der Waals surface area contributed by atoms with E-state index in [-0.39, 0.29) is 59.2 Å². The van der Waals surface area contributed by atoms with Crippen LogP contribution in [0, 0.1) is 139 Å². The Morgan fingerprint density at radius 2 is 0.519 bits per heavy atom. The van der Waals surface area contributed by atoms with E-state index in [1.165, 1.54) is 42.7 Å². The Bertz CT molecular complexity index is 1810. The smallest absolute Gasteiger partial charge is 0.313 e. The number of methoxy groups -OCH3 is 6. The lowest BCUT2D eigenvalue weighted by Crippen LogP contribution is -2.92. The average molecular weight is 741 g/mol. The van der Waals surface area contributed by atoms with Gasteiger partial charge >= 0.3 is 35.8 Å². The third kappa shape index (κ3) is 2.06. The Hall–Kier alpha value is -3.70. The van der Waals surface area contributed by atoms with Gasteiger partial charge in [-0.25, -0.2) is 0 Å². The van der Waals surface area contributed by atoms with Crippen LogP contribution in [0.3, 0.4) is 0 Å². The molecular formula is C42H44O12. The van der Waals surface area contributed by atoms with Crippen molar-refractivity contribution in [3.05, 3.63) is 24.3 Å². The molecule has 12 nitrogen and oxygen atoms in total. The van der Waals surface area contributed by atoms with Crippen LogP contribution in [0.1, 0.15) is 12.8 Å². The zero-order valence-electron chi connectivity index (χ0n) is 31.0. The Kier molecular flexibility index (Phi) is 4.96. The van der Waals surface area contributed by atoms with Crippen LogP contribution >= 0.6 is 0 Å². The SMILES string of the molecule is COC(=O)C12C3C4C5C1C1C(C5C2(C(=O)OC)C4C2C3C3(C(=O)OC)C4C5C=CC(C5)C4C23C(=O)OC)C2(C(=O)OC)C3C4C=CC(C4)C3C12C(=O)OC. The first-order valence-electron chi connectivity index (χ1n) is 19.9. The third-order valence-electron chi connectivity index (χ3n) is 20.8. The molecule has 0 spiro atoms. The molecule has 0 radical (unpaired) electrons. The minimum Gasteiger partial charge on any atom is -0.469 e. The molecule has 0 amide bonds. The summed E-state index contributed by atoms with van der Waals surface area (Å²) in [5, 5.41) is 0. The number of allylic oxidation sites excluding steroid dienone is 4. The molecule has 0 N–H and O–H groups in total. The van der Waals surface area contributed by atoms with Crippen molar-refractivity contribution in [2.75, 3.05) is 42.7 Å². The third-order valence-corrected chi connectivity index (χ3v) is 20.8. The number of hydrogen-bond donors (Lipinski definition) is 0. The van der Waals surface area contributed by atoms with Crippen molar-refractivity contribution in [1.29, 1.82) is 0 Å². The molecule has 14 rings (SSSR count). The number of esters is 6. The van der Waals surface area contributed by atoms with E-state index in [0.717, 1.165) is 12.8 Å². The van der Waals surface area contributed by atoms with E-state index in [9.17, 15) is 19.2 Å². The summed E-state index contributed by atoms with van der Waals surface area (Å²) < 4.78 is 34.6. The van der Waals surface area contributed by atoms with Crippen molar-refractivity contribution in [2.45, 2.75) is 12.8 Å². The molecule has 14 aliphatic carbocycles. The van der Waals surface area contributed by atoms with E-state index in [0.29, 0.717) is 0 Å². The van der Waals surface area contributed by atoms with Crippen molar-refractivity contribution in [1.82, 2.24) is 0 Å². The molecule has 0 aromatic rings. The largest absolute Gasteiger partial charge is 0.469 e. The van der Waals surface area contributed by atoms with Crippen LogP contribution in [0.15, 0.2) is 24.3 Å². The number of fused-ring (bicyclic) bond motifs is 22. The molecule has 0 aliphatic heterocycles. The lowest BCUT2D eigenvalue weighted by atomic mass is 9.14. The van der Waals surface area contributed by atoms with E-state index < -0.39 is 116 Å². The van der Waals surface area contributed by atoms with Gasteiger partial charge in [0.2, 0.25) is 0 Å². The van der Waals surface area contributed by atoms with Crippen molar-refractivity contribution in [2.24, 2.45) is 139 Å². The number of hydrogen-bond acceptors (Lipinski definition) is 12. The fourth-order valence-corrected chi connectivity index (χ4v) is 21.9. The van der Waals surface area contributed by atoms with Gasteiger partial charge in [0.25, 0.3) is 0 Å². The van der Waals surface area contributed by atoms with Crippen molar-refractivity contribution >= 4 is 35.8 Å². The maximum atomic E-state index is 15.3. The Morgan fingerprint density at radius 1 is 0.333 bits per heavy atom. The van der Waals surface area contributed by atoms with Crippen LogP contribution in [-0.4, -0.2) is 78.5 Å². The molecule has 0 heterocycles. The maximum absolute atomic E-state index is 15.3. The first-order chi connectivity index (χ1) is 26.0. The first-order valence-corrected chi connectivity index (χ1v) is 19.9. The zero-order chi connectivity index (χ0) is 37.3. The highest BCUT2D eigenvalue weighted by Crippen LogP contribution is 3.08. The van der Waals surface area contributed by atoms with Gasteiger partial charge in [0.1, 0.15) is 0 Å². The molecule has 12 heteroatoms. The standard InChI is InChI=1S/C42H44O12/c1-49-31(43)37-19-13-7-8-14(11-13)20(19)38(37,32(44)50-2)28-24-17-18-25-29-30(26(18)42(24,36(48)54-6)41(25,35(47)53-5)23(17)27(28)37)40(34(46)52-4)22-16-10-9-15(12-16)21(22)39(29,40)33(45)51-3/h7-10,13-30H,11-12H2,1-6H3. The second kappa shape index (κ2) is 8.50. The molecular weight excluding hydrogens is 696 g/mol. The molecule has 0 aromatic carbocycles. The van der Waals surface area contributed by atoms with Crippen LogP contribution in [0.25, 0.3) is 0 Å². The molecule has 0 saturated heterocycles.